The molecule has 0 saturated heterocycles. The molecule has 1 aromatic rings. The second-order valence-corrected chi connectivity index (χ2v) is 5.51. The number of amides is 1. The molecule has 0 unspecified atom stereocenters. The summed E-state index contributed by atoms with van der Waals surface area (Å²) in [7, 11) is 0. The normalized spacial score (nSPS) is 12.3. The van der Waals surface area contributed by atoms with E-state index in [-0.39, 0.29) is 11.7 Å². The van der Waals surface area contributed by atoms with Gasteiger partial charge in [0.05, 0.1) is 5.56 Å². The lowest BCUT2D eigenvalue weighted by Crippen LogP contribution is -2.57. The summed E-state index contributed by atoms with van der Waals surface area (Å²) in [5, 5.41) is 14.6. The minimum Gasteiger partial charge on any atom is -0.409 e. The number of nitrogens with one attached hydrogen (secondary N) is 1. The third-order valence-corrected chi connectivity index (χ3v) is 4.23. The van der Waals surface area contributed by atoms with E-state index >= 15 is 0 Å². The predicted octanol–water partition coefficient (Wildman–Crippen LogP) is 2.47. The fourth-order valence-corrected chi connectivity index (χ4v) is 2.63. The van der Waals surface area contributed by atoms with Crippen molar-refractivity contribution in [3.8, 4) is 0 Å². The first-order chi connectivity index (χ1) is 9.40. The standard InChI is InChI=1S/C13H17FIN3O2/c1-3-13(4-2,12(16)18-20)17-11(19)9-6-5-8(14)7-10(9)15/h5-7,20H,3-4H2,1-2H3,(H2,16,18)(H,17,19). The summed E-state index contributed by atoms with van der Waals surface area (Å²) in [5.41, 5.74) is 5.12. The Labute approximate surface area is 130 Å². The van der Waals surface area contributed by atoms with Crippen LogP contribution < -0.4 is 11.1 Å². The first kappa shape index (κ1) is 16.7. The van der Waals surface area contributed by atoms with Crippen molar-refractivity contribution in [3.63, 3.8) is 0 Å². The van der Waals surface area contributed by atoms with Crippen molar-refractivity contribution in [3.05, 3.63) is 33.1 Å². The third kappa shape index (κ3) is 3.38. The molecule has 0 fully saturated rings. The Morgan fingerprint density at radius 3 is 2.55 bits per heavy atom. The number of hydrogen-bond acceptors (Lipinski definition) is 3. The molecule has 0 bridgehead atoms. The van der Waals surface area contributed by atoms with E-state index in [1.54, 1.807) is 0 Å². The van der Waals surface area contributed by atoms with E-state index in [0.717, 1.165) is 0 Å². The summed E-state index contributed by atoms with van der Waals surface area (Å²) in [6, 6.07) is 3.91. The van der Waals surface area contributed by atoms with Gasteiger partial charge in [0, 0.05) is 3.57 Å². The molecule has 0 atom stereocenters. The molecule has 0 aliphatic heterocycles. The molecule has 1 amide bonds. The zero-order valence-electron chi connectivity index (χ0n) is 11.3. The van der Waals surface area contributed by atoms with E-state index in [1.807, 2.05) is 36.4 Å². The number of carbonyl (C=O) groups excluding carboxylic acids is 1. The van der Waals surface area contributed by atoms with Gasteiger partial charge in [-0.2, -0.15) is 0 Å². The largest absolute Gasteiger partial charge is 0.409 e. The van der Waals surface area contributed by atoms with Crippen molar-refractivity contribution in [2.24, 2.45) is 10.9 Å². The second-order valence-electron chi connectivity index (χ2n) is 4.35. The fraction of sp³-hybridized carbons (Fsp3) is 0.385. The van der Waals surface area contributed by atoms with Gasteiger partial charge < -0.3 is 16.3 Å². The molecule has 0 spiro atoms. The van der Waals surface area contributed by atoms with Gasteiger partial charge in [-0.1, -0.05) is 19.0 Å². The van der Waals surface area contributed by atoms with Crippen LogP contribution in [0.5, 0.6) is 0 Å². The van der Waals surface area contributed by atoms with E-state index in [2.05, 4.69) is 10.5 Å². The van der Waals surface area contributed by atoms with Gasteiger partial charge in [-0.3, -0.25) is 4.79 Å². The number of carbonyl (C=O) groups is 1. The van der Waals surface area contributed by atoms with Crippen LogP contribution in [0.15, 0.2) is 23.4 Å². The molecule has 0 radical (unpaired) electrons. The molecule has 0 aromatic heterocycles. The zero-order chi connectivity index (χ0) is 15.3. The smallest absolute Gasteiger partial charge is 0.253 e. The van der Waals surface area contributed by atoms with Crippen LogP contribution in [0.1, 0.15) is 37.0 Å². The SMILES string of the molecule is CCC(CC)(NC(=O)c1ccc(F)cc1I)/C(N)=N/O. The monoisotopic (exact) mass is 393 g/mol. The van der Waals surface area contributed by atoms with Gasteiger partial charge in [0.15, 0.2) is 5.84 Å². The number of rotatable bonds is 5. The van der Waals surface area contributed by atoms with Crippen molar-refractivity contribution < 1.29 is 14.4 Å². The average molecular weight is 393 g/mol. The quantitative estimate of drug-likeness (QED) is 0.236. The molecule has 4 N–H and O–H groups in total. The molecular weight excluding hydrogens is 376 g/mol. The summed E-state index contributed by atoms with van der Waals surface area (Å²) < 4.78 is 13.6. The van der Waals surface area contributed by atoms with Gasteiger partial charge in [0.1, 0.15) is 11.4 Å². The molecule has 0 aliphatic carbocycles. The van der Waals surface area contributed by atoms with E-state index < -0.39 is 11.4 Å². The van der Waals surface area contributed by atoms with E-state index in [9.17, 15) is 9.18 Å². The molecule has 0 heterocycles. The molecule has 1 aromatic carbocycles. The second kappa shape index (κ2) is 6.87. The van der Waals surface area contributed by atoms with E-state index in [1.165, 1.54) is 18.2 Å². The van der Waals surface area contributed by atoms with Crippen molar-refractivity contribution in [1.82, 2.24) is 5.32 Å². The number of nitrogens with two attached hydrogens (primary N) is 1. The number of halogens is 2. The molecule has 7 heteroatoms. The Morgan fingerprint density at radius 2 is 2.10 bits per heavy atom. The molecule has 5 nitrogen and oxygen atoms in total. The Bertz CT molecular complexity index is 530. The first-order valence-corrected chi connectivity index (χ1v) is 7.23. The average Bonchev–Trinajstić information content (AvgIpc) is 2.43. The minimum absolute atomic E-state index is 0.0482. The minimum atomic E-state index is -0.913. The predicted molar refractivity (Wildman–Crippen MR) is 83.3 cm³/mol. The Balaban J connectivity index is 3.09. The molecule has 110 valence electrons. The van der Waals surface area contributed by atoms with Crippen LogP contribution in [-0.2, 0) is 0 Å². The van der Waals surface area contributed by atoms with Gasteiger partial charge in [0.25, 0.3) is 5.91 Å². The van der Waals surface area contributed by atoms with E-state index in [0.29, 0.717) is 22.0 Å². The molecule has 0 aliphatic rings. The number of hydrogen-bond donors (Lipinski definition) is 3. The number of amidine groups is 1. The zero-order valence-corrected chi connectivity index (χ0v) is 13.4. The van der Waals surface area contributed by atoms with Crippen molar-refractivity contribution in [1.29, 1.82) is 0 Å². The van der Waals surface area contributed by atoms with Crippen molar-refractivity contribution >= 4 is 34.3 Å². The lowest BCUT2D eigenvalue weighted by atomic mass is 9.91. The summed E-state index contributed by atoms with van der Waals surface area (Å²) in [4.78, 5) is 12.3. The summed E-state index contributed by atoms with van der Waals surface area (Å²) >= 11 is 1.89. The van der Waals surface area contributed by atoms with Crippen LogP contribution in [0.3, 0.4) is 0 Å². The number of oxime groups is 1. The van der Waals surface area contributed by atoms with Crippen LogP contribution in [0.2, 0.25) is 0 Å². The summed E-state index contributed by atoms with van der Waals surface area (Å²) in [6.07, 6.45) is 0.950. The van der Waals surface area contributed by atoms with Gasteiger partial charge in [-0.25, -0.2) is 4.39 Å². The highest BCUT2D eigenvalue weighted by Gasteiger charge is 2.33. The maximum atomic E-state index is 13.1. The van der Waals surface area contributed by atoms with Gasteiger partial charge in [-0.05, 0) is 53.6 Å². The number of nitrogens with zero attached hydrogens (tertiary/aromatic N) is 1. The van der Waals surface area contributed by atoms with Crippen LogP contribution in [0, 0.1) is 9.39 Å². The summed E-state index contributed by atoms with van der Waals surface area (Å²) in [5.74, 6) is -0.836. The van der Waals surface area contributed by atoms with Crippen LogP contribution in [0.4, 0.5) is 4.39 Å². The first-order valence-electron chi connectivity index (χ1n) is 6.15. The van der Waals surface area contributed by atoms with Gasteiger partial charge in [0.2, 0.25) is 0 Å². The Kier molecular flexibility index (Phi) is 5.73. The van der Waals surface area contributed by atoms with Gasteiger partial charge in [-0.15, -0.1) is 0 Å². The Morgan fingerprint density at radius 1 is 1.50 bits per heavy atom. The molecular formula is C13H17FIN3O2. The summed E-state index contributed by atoms with van der Waals surface area (Å²) in [6.45, 7) is 3.66. The lowest BCUT2D eigenvalue weighted by molar-refractivity contribution is 0.0917. The molecule has 20 heavy (non-hydrogen) atoms. The highest BCUT2D eigenvalue weighted by molar-refractivity contribution is 14.1. The van der Waals surface area contributed by atoms with Crippen molar-refractivity contribution in [2.75, 3.05) is 0 Å². The molecule has 0 saturated carbocycles. The molecule has 1 rings (SSSR count). The lowest BCUT2D eigenvalue weighted by Gasteiger charge is -2.31. The van der Waals surface area contributed by atoms with Crippen molar-refractivity contribution in [2.45, 2.75) is 32.2 Å². The van der Waals surface area contributed by atoms with Crippen LogP contribution >= 0.6 is 22.6 Å². The topological polar surface area (TPSA) is 87.7 Å². The third-order valence-electron chi connectivity index (χ3n) is 3.33. The van der Waals surface area contributed by atoms with Gasteiger partial charge >= 0.3 is 0 Å². The van der Waals surface area contributed by atoms with E-state index in [4.69, 9.17) is 10.9 Å². The van der Waals surface area contributed by atoms with Crippen LogP contribution in [-0.4, -0.2) is 22.5 Å². The highest BCUT2D eigenvalue weighted by Crippen LogP contribution is 2.19. The van der Waals surface area contributed by atoms with Crippen LogP contribution in [0.25, 0.3) is 0 Å². The number of benzene rings is 1. The Hall–Kier alpha value is -1.38. The fourth-order valence-electron chi connectivity index (χ4n) is 1.91. The maximum Gasteiger partial charge on any atom is 0.253 e. The maximum absolute atomic E-state index is 13.1. The highest BCUT2D eigenvalue weighted by atomic mass is 127.